The number of aromatic nitrogens is 1. The lowest BCUT2D eigenvalue weighted by Crippen LogP contribution is -2.21. The molecule has 0 unspecified atom stereocenters. The Hall–Kier alpha value is -3.14. The molecule has 188 valence electrons. The van der Waals surface area contributed by atoms with Crippen molar-refractivity contribution in [1.29, 1.82) is 0 Å². The van der Waals surface area contributed by atoms with Crippen molar-refractivity contribution >= 4 is 43.6 Å². The van der Waals surface area contributed by atoms with Crippen molar-refractivity contribution in [1.82, 2.24) is 9.47 Å². The number of carbonyl (C=O) groups is 1. The van der Waals surface area contributed by atoms with Gasteiger partial charge in [-0.25, -0.2) is 4.79 Å². The van der Waals surface area contributed by atoms with Gasteiger partial charge in [0.1, 0.15) is 10.6 Å². The Morgan fingerprint density at radius 1 is 1.06 bits per heavy atom. The van der Waals surface area contributed by atoms with Crippen molar-refractivity contribution in [2.75, 3.05) is 20.8 Å². The Labute approximate surface area is 222 Å². The van der Waals surface area contributed by atoms with Crippen LogP contribution < -0.4 is 14.9 Å². The first-order valence-corrected chi connectivity index (χ1v) is 13.1. The number of halogens is 1. The molecule has 0 aliphatic carbocycles. The summed E-state index contributed by atoms with van der Waals surface area (Å²) >= 11 is 5.17. The highest BCUT2D eigenvalue weighted by molar-refractivity contribution is 9.11. The fourth-order valence-electron chi connectivity index (χ4n) is 4.05. The minimum absolute atomic E-state index is 0.0758. The summed E-state index contributed by atoms with van der Waals surface area (Å²) in [7, 11) is 3.63. The maximum absolute atomic E-state index is 13.6. The predicted octanol–water partition coefficient (Wildman–Crippen LogP) is 6.05. The topological polar surface area (TPSA) is 70.0 Å². The van der Waals surface area contributed by atoms with Crippen molar-refractivity contribution < 1.29 is 19.0 Å². The molecule has 36 heavy (non-hydrogen) atoms. The molecule has 0 radical (unpaired) electrons. The van der Waals surface area contributed by atoms with Gasteiger partial charge in [-0.1, -0.05) is 48.5 Å². The number of rotatable bonds is 9. The van der Waals surface area contributed by atoms with E-state index in [0.29, 0.717) is 18.5 Å². The van der Waals surface area contributed by atoms with E-state index >= 15 is 0 Å². The second-order valence-electron chi connectivity index (χ2n) is 8.24. The average Bonchev–Trinajstić information content (AvgIpc) is 3.19. The Morgan fingerprint density at radius 3 is 2.50 bits per heavy atom. The van der Waals surface area contributed by atoms with E-state index < -0.39 is 6.16 Å². The van der Waals surface area contributed by atoms with Crippen LogP contribution in [0.4, 0.5) is 4.79 Å². The van der Waals surface area contributed by atoms with Crippen LogP contribution in [-0.2, 0) is 24.4 Å². The molecular formula is C27H27BrN2O5S. The average molecular weight is 571 g/mol. The number of fused-ring (bicyclic) bond motifs is 1. The third-order valence-electron chi connectivity index (χ3n) is 5.64. The molecule has 0 saturated heterocycles. The third-order valence-corrected chi connectivity index (χ3v) is 7.66. The highest BCUT2D eigenvalue weighted by atomic mass is 79.9. The molecule has 0 bridgehead atoms. The lowest BCUT2D eigenvalue weighted by Gasteiger charge is -2.17. The van der Waals surface area contributed by atoms with E-state index in [1.165, 1.54) is 16.9 Å². The van der Waals surface area contributed by atoms with Gasteiger partial charge in [0.25, 0.3) is 0 Å². The summed E-state index contributed by atoms with van der Waals surface area (Å²) in [5.41, 5.74) is 2.61. The SMILES string of the molecule is CCOC(=O)Oc1cn(Cc2ccccc2OC)c2sc(Br)c(CN(C)Cc3ccccc3)c2c1=O. The zero-order valence-corrected chi connectivity index (χ0v) is 22.7. The van der Waals surface area contributed by atoms with E-state index in [1.54, 1.807) is 20.2 Å². The summed E-state index contributed by atoms with van der Waals surface area (Å²) in [4.78, 5) is 28.6. The Balaban J connectivity index is 1.79. The van der Waals surface area contributed by atoms with E-state index in [0.717, 1.165) is 32.0 Å². The molecule has 2 heterocycles. The predicted molar refractivity (Wildman–Crippen MR) is 145 cm³/mol. The molecule has 2 aromatic carbocycles. The lowest BCUT2D eigenvalue weighted by molar-refractivity contribution is 0.104. The van der Waals surface area contributed by atoms with Crippen LogP contribution in [0.1, 0.15) is 23.6 Å². The van der Waals surface area contributed by atoms with Gasteiger partial charge in [-0.2, -0.15) is 0 Å². The molecule has 4 aromatic rings. The molecule has 2 aromatic heterocycles. The van der Waals surface area contributed by atoms with Crippen LogP contribution in [0.2, 0.25) is 0 Å². The molecule has 0 saturated carbocycles. The monoisotopic (exact) mass is 570 g/mol. The van der Waals surface area contributed by atoms with Gasteiger partial charge in [-0.05, 0) is 41.5 Å². The van der Waals surface area contributed by atoms with Crippen LogP contribution in [-0.4, -0.2) is 36.4 Å². The minimum Gasteiger partial charge on any atom is -0.496 e. The molecule has 4 rings (SSSR count). The van der Waals surface area contributed by atoms with Crippen LogP contribution in [0, 0.1) is 0 Å². The van der Waals surface area contributed by atoms with Gasteiger partial charge < -0.3 is 18.8 Å². The number of benzene rings is 2. The maximum Gasteiger partial charge on any atom is 0.514 e. The van der Waals surface area contributed by atoms with E-state index in [9.17, 15) is 9.59 Å². The molecule has 0 N–H and O–H groups in total. The number of hydrogen-bond acceptors (Lipinski definition) is 7. The van der Waals surface area contributed by atoms with Gasteiger partial charge in [-0.3, -0.25) is 9.69 Å². The zero-order valence-electron chi connectivity index (χ0n) is 20.3. The third kappa shape index (κ3) is 5.80. The number of carbonyl (C=O) groups excluding carboxylic acids is 1. The van der Waals surface area contributed by atoms with Crippen LogP contribution >= 0.6 is 27.3 Å². The first-order chi connectivity index (χ1) is 17.4. The van der Waals surface area contributed by atoms with Gasteiger partial charge in [0.15, 0.2) is 5.75 Å². The van der Waals surface area contributed by atoms with Gasteiger partial charge in [0.2, 0.25) is 5.43 Å². The van der Waals surface area contributed by atoms with Crippen molar-refractivity contribution in [2.24, 2.45) is 0 Å². The lowest BCUT2D eigenvalue weighted by atomic mass is 10.1. The normalized spacial score (nSPS) is 11.1. The highest BCUT2D eigenvalue weighted by Gasteiger charge is 2.22. The molecule has 0 aliphatic rings. The van der Waals surface area contributed by atoms with Gasteiger partial charge in [0, 0.05) is 24.2 Å². The number of nitrogens with zero attached hydrogens (tertiary/aromatic N) is 2. The highest BCUT2D eigenvalue weighted by Crippen LogP contribution is 2.36. The molecular weight excluding hydrogens is 544 g/mol. The van der Waals surface area contributed by atoms with Crippen molar-refractivity contribution in [3.63, 3.8) is 0 Å². The summed E-state index contributed by atoms with van der Waals surface area (Å²) in [6.07, 6.45) is 0.656. The van der Waals surface area contributed by atoms with E-state index in [-0.39, 0.29) is 17.8 Å². The van der Waals surface area contributed by atoms with E-state index in [4.69, 9.17) is 14.2 Å². The fraction of sp³-hybridized carbons (Fsp3) is 0.259. The standard InChI is InChI=1S/C27H27BrN2O5S/c1-4-34-27(32)35-22-17-30(15-19-12-8-9-13-21(19)33-3)26-23(24(22)31)20(25(28)36-26)16-29(2)14-18-10-6-5-7-11-18/h5-13,17H,4,14-16H2,1-3H3. The summed E-state index contributed by atoms with van der Waals surface area (Å²) in [5, 5.41) is 0.517. The molecule has 0 spiro atoms. The summed E-state index contributed by atoms with van der Waals surface area (Å²) in [6, 6.07) is 17.8. The number of ether oxygens (including phenoxy) is 3. The van der Waals surface area contributed by atoms with Crippen molar-refractivity contribution in [2.45, 2.75) is 26.6 Å². The number of hydrogen-bond donors (Lipinski definition) is 0. The minimum atomic E-state index is -0.908. The van der Waals surface area contributed by atoms with Crippen LogP contribution in [0.5, 0.6) is 11.5 Å². The van der Waals surface area contributed by atoms with Gasteiger partial charge >= 0.3 is 6.16 Å². The second-order valence-corrected chi connectivity index (χ2v) is 10.6. The summed E-state index contributed by atoms with van der Waals surface area (Å²) < 4.78 is 18.6. The number of para-hydroxylation sites is 1. The smallest absolute Gasteiger partial charge is 0.496 e. The van der Waals surface area contributed by atoms with E-state index in [1.807, 2.05) is 54.1 Å². The molecule has 0 aliphatic heterocycles. The summed E-state index contributed by atoms with van der Waals surface area (Å²) in [6.45, 7) is 3.50. The first kappa shape index (κ1) is 25.9. The fourth-order valence-corrected chi connectivity index (χ4v) is 5.85. The van der Waals surface area contributed by atoms with Crippen LogP contribution in [0.15, 0.2) is 69.4 Å². The Morgan fingerprint density at radius 2 is 1.78 bits per heavy atom. The van der Waals surface area contributed by atoms with Crippen molar-refractivity contribution in [3.8, 4) is 11.5 Å². The maximum atomic E-state index is 13.6. The number of pyridine rings is 1. The molecule has 0 amide bonds. The molecule has 9 heteroatoms. The van der Waals surface area contributed by atoms with Crippen LogP contribution in [0.3, 0.4) is 0 Å². The summed E-state index contributed by atoms with van der Waals surface area (Å²) in [5.74, 6) is 0.656. The molecule has 7 nitrogen and oxygen atoms in total. The first-order valence-electron chi connectivity index (χ1n) is 11.4. The zero-order chi connectivity index (χ0) is 25.7. The second kappa shape index (κ2) is 11.7. The van der Waals surface area contributed by atoms with Gasteiger partial charge in [-0.15, -0.1) is 11.3 Å². The quantitative estimate of drug-likeness (QED) is 0.228. The molecule has 0 fully saturated rings. The number of methoxy groups -OCH3 is 1. The molecule has 0 atom stereocenters. The Bertz CT molecular complexity index is 1420. The van der Waals surface area contributed by atoms with E-state index in [2.05, 4.69) is 33.0 Å². The largest absolute Gasteiger partial charge is 0.514 e. The van der Waals surface area contributed by atoms with Gasteiger partial charge in [0.05, 0.1) is 35.6 Å². The number of thiophene rings is 1. The van der Waals surface area contributed by atoms with Crippen LogP contribution in [0.25, 0.3) is 10.2 Å². The Kier molecular flexibility index (Phi) is 8.45. The van der Waals surface area contributed by atoms with Crippen molar-refractivity contribution in [3.05, 3.63) is 91.5 Å².